The maximum atomic E-state index is 12.3. The number of nitrogens with zero attached hydrogens (tertiary/aromatic N) is 1. The molecule has 1 N–H and O–H groups in total. The van der Waals surface area contributed by atoms with Gasteiger partial charge in [-0.1, -0.05) is 26.2 Å². The quantitative estimate of drug-likeness (QED) is 0.367. The lowest BCUT2D eigenvalue weighted by Gasteiger charge is -2.09. The van der Waals surface area contributed by atoms with Crippen molar-refractivity contribution in [2.24, 2.45) is 0 Å². The van der Waals surface area contributed by atoms with Crippen molar-refractivity contribution in [3.8, 4) is 11.5 Å². The lowest BCUT2D eigenvalue weighted by Crippen LogP contribution is -2.12. The molecule has 0 saturated carbocycles. The Balaban J connectivity index is 1.95. The fourth-order valence-electron chi connectivity index (χ4n) is 2.53. The zero-order chi connectivity index (χ0) is 19.6. The average Bonchev–Trinajstić information content (AvgIpc) is 2.68. The van der Waals surface area contributed by atoms with E-state index >= 15 is 0 Å². The first-order chi connectivity index (χ1) is 13.0. The molecule has 0 atom stereocenters. The number of nitro benzene ring substituents is 1. The van der Waals surface area contributed by atoms with Gasteiger partial charge in [-0.15, -0.1) is 0 Å². The molecule has 0 aromatic heterocycles. The normalized spacial score (nSPS) is 10.3. The van der Waals surface area contributed by atoms with Crippen LogP contribution < -0.4 is 14.8 Å². The van der Waals surface area contributed by atoms with E-state index in [2.05, 4.69) is 12.2 Å². The van der Waals surface area contributed by atoms with Crippen molar-refractivity contribution < 1.29 is 19.2 Å². The van der Waals surface area contributed by atoms with Crippen molar-refractivity contribution in [1.82, 2.24) is 0 Å². The molecule has 0 aliphatic heterocycles. The van der Waals surface area contributed by atoms with E-state index < -0.39 is 10.8 Å². The van der Waals surface area contributed by atoms with E-state index in [4.69, 9.17) is 9.47 Å². The van der Waals surface area contributed by atoms with Crippen LogP contribution in [0.3, 0.4) is 0 Å². The van der Waals surface area contributed by atoms with Gasteiger partial charge in [0.25, 0.3) is 5.91 Å². The Morgan fingerprint density at radius 1 is 1.11 bits per heavy atom. The number of ether oxygens (including phenoxy) is 2. The van der Waals surface area contributed by atoms with Crippen LogP contribution in [-0.4, -0.2) is 24.5 Å². The highest BCUT2D eigenvalue weighted by atomic mass is 16.6. The van der Waals surface area contributed by atoms with E-state index in [9.17, 15) is 14.9 Å². The topological polar surface area (TPSA) is 90.7 Å². The zero-order valence-corrected chi connectivity index (χ0v) is 15.6. The summed E-state index contributed by atoms with van der Waals surface area (Å²) in [6.45, 7) is 2.83. The summed E-state index contributed by atoms with van der Waals surface area (Å²) in [4.78, 5) is 22.8. The van der Waals surface area contributed by atoms with E-state index in [-0.39, 0.29) is 17.0 Å². The van der Waals surface area contributed by atoms with E-state index in [0.29, 0.717) is 12.3 Å². The fraction of sp³-hybridized carbons (Fsp3) is 0.350. The summed E-state index contributed by atoms with van der Waals surface area (Å²) < 4.78 is 10.6. The van der Waals surface area contributed by atoms with Crippen LogP contribution in [0, 0.1) is 10.1 Å². The molecule has 1 amide bonds. The van der Waals surface area contributed by atoms with Crippen LogP contribution in [0.25, 0.3) is 0 Å². The maximum Gasteiger partial charge on any atom is 0.311 e. The molecule has 0 fully saturated rings. The zero-order valence-electron chi connectivity index (χ0n) is 15.6. The molecular formula is C20H24N2O5. The van der Waals surface area contributed by atoms with Crippen molar-refractivity contribution >= 4 is 17.3 Å². The van der Waals surface area contributed by atoms with Gasteiger partial charge < -0.3 is 14.8 Å². The van der Waals surface area contributed by atoms with Crippen molar-refractivity contribution in [3.05, 3.63) is 58.1 Å². The third kappa shape index (κ3) is 5.99. The second kappa shape index (κ2) is 10.2. The van der Waals surface area contributed by atoms with Crippen molar-refractivity contribution in [3.63, 3.8) is 0 Å². The van der Waals surface area contributed by atoms with Gasteiger partial charge in [0.15, 0.2) is 5.75 Å². The van der Waals surface area contributed by atoms with Gasteiger partial charge in [0.2, 0.25) is 0 Å². The van der Waals surface area contributed by atoms with Gasteiger partial charge in [0, 0.05) is 17.3 Å². The van der Waals surface area contributed by atoms with Crippen LogP contribution in [0.2, 0.25) is 0 Å². The predicted molar refractivity (Wildman–Crippen MR) is 104 cm³/mol. The molecule has 2 aromatic carbocycles. The van der Waals surface area contributed by atoms with E-state index in [1.807, 2.05) is 0 Å². The molecule has 0 spiro atoms. The Labute approximate surface area is 158 Å². The monoisotopic (exact) mass is 372 g/mol. The van der Waals surface area contributed by atoms with Crippen LogP contribution in [0.1, 0.15) is 43.0 Å². The third-order valence-corrected chi connectivity index (χ3v) is 4.02. The SMILES string of the molecule is CCCCCCOc1ccc(NC(=O)c2ccc(OC)c([N+](=O)[O-])c2)cc1. The first-order valence-electron chi connectivity index (χ1n) is 8.91. The van der Waals surface area contributed by atoms with Crippen molar-refractivity contribution in [1.29, 1.82) is 0 Å². The highest BCUT2D eigenvalue weighted by molar-refractivity contribution is 6.04. The van der Waals surface area contributed by atoms with Gasteiger partial charge in [0.1, 0.15) is 5.75 Å². The molecule has 0 unspecified atom stereocenters. The number of nitrogens with one attached hydrogen (secondary N) is 1. The van der Waals surface area contributed by atoms with Gasteiger partial charge >= 0.3 is 5.69 Å². The molecule has 0 aliphatic carbocycles. The summed E-state index contributed by atoms with van der Waals surface area (Å²) in [7, 11) is 1.34. The number of hydrogen-bond donors (Lipinski definition) is 1. The number of unbranched alkanes of at least 4 members (excludes halogenated alkanes) is 3. The fourth-order valence-corrected chi connectivity index (χ4v) is 2.53. The summed E-state index contributed by atoms with van der Waals surface area (Å²) in [5.41, 5.74) is 0.507. The van der Waals surface area contributed by atoms with Crippen LogP contribution in [0.5, 0.6) is 11.5 Å². The largest absolute Gasteiger partial charge is 0.494 e. The minimum Gasteiger partial charge on any atom is -0.494 e. The Bertz CT molecular complexity index is 774. The lowest BCUT2D eigenvalue weighted by atomic mass is 10.1. The van der Waals surface area contributed by atoms with E-state index in [1.165, 1.54) is 38.2 Å². The Kier molecular flexibility index (Phi) is 7.61. The number of methoxy groups -OCH3 is 1. The average molecular weight is 372 g/mol. The summed E-state index contributed by atoms with van der Waals surface area (Å²) in [6.07, 6.45) is 4.56. The van der Waals surface area contributed by atoms with Gasteiger partial charge in [-0.3, -0.25) is 14.9 Å². The number of nitro groups is 1. The molecular weight excluding hydrogens is 348 g/mol. The van der Waals surface area contributed by atoms with Crippen LogP contribution >= 0.6 is 0 Å². The molecule has 0 heterocycles. The number of anilines is 1. The van der Waals surface area contributed by atoms with Gasteiger partial charge in [-0.2, -0.15) is 0 Å². The summed E-state index contributed by atoms with van der Waals surface area (Å²) in [5.74, 6) is 0.413. The number of carbonyl (C=O) groups excluding carboxylic acids is 1. The van der Waals surface area contributed by atoms with Gasteiger partial charge in [0.05, 0.1) is 18.6 Å². The van der Waals surface area contributed by atoms with Crippen molar-refractivity contribution in [2.75, 3.05) is 19.0 Å². The summed E-state index contributed by atoms with van der Waals surface area (Å²) >= 11 is 0. The summed E-state index contributed by atoms with van der Waals surface area (Å²) in [6, 6.07) is 11.1. The second-order valence-electron chi connectivity index (χ2n) is 6.03. The molecule has 27 heavy (non-hydrogen) atoms. The molecule has 0 saturated heterocycles. The molecule has 0 aliphatic rings. The van der Waals surface area contributed by atoms with Gasteiger partial charge in [-0.25, -0.2) is 0 Å². The Morgan fingerprint density at radius 3 is 2.48 bits per heavy atom. The number of rotatable bonds is 10. The highest BCUT2D eigenvalue weighted by Crippen LogP contribution is 2.28. The first-order valence-corrected chi connectivity index (χ1v) is 8.91. The molecule has 0 bridgehead atoms. The maximum absolute atomic E-state index is 12.3. The molecule has 7 heteroatoms. The van der Waals surface area contributed by atoms with Crippen LogP contribution in [-0.2, 0) is 0 Å². The minimum atomic E-state index is -0.581. The molecule has 0 radical (unpaired) electrons. The standard InChI is InChI=1S/C20H24N2O5/c1-3-4-5-6-13-27-17-10-8-16(9-11-17)21-20(23)15-7-12-19(26-2)18(14-15)22(24)25/h7-12,14H,3-6,13H2,1-2H3,(H,21,23). The molecule has 2 aromatic rings. The second-order valence-corrected chi connectivity index (χ2v) is 6.03. The number of benzene rings is 2. The Hall–Kier alpha value is -3.09. The molecule has 144 valence electrons. The molecule has 7 nitrogen and oxygen atoms in total. The van der Waals surface area contributed by atoms with Crippen LogP contribution in [0.15, 0.2) is 42.5 Å². The minimum absolute atomic E-state index is 0.108. The lowest BCUT2D eigenvalue weighted by molar-refractivity contribution is -0.385. The smallest absolute Gasteiger partial charge is 0.311 e. The summed E-state index contributed by atoms with van der Waals surface area (Å²) in [5, 5.41) is 13.8. The van der Waals surface area contributed by atoms with Crippen molar-refractivity contribution in [2.45, 2.75) is 32.6 Å². The Morgan fingerprint density at radius 2 is 1.85 bits per heavy atom. The number of carbonyl (C=O) groups is 1. The van der Waals surface area contributed by atoms with Gasteiger partial charge in [-0.05, 0) is 42.8 Å². The first kappa shape index (κ1) is 20.2. The molecule has 2 rings (SSSR count). The number of hydrogen-bond acceptors (Lipinski definition) is 5. The van der Waals surface area contributed by atoms with E-state index in [0.717, 1.165) is 18.6 Å². The number of amides is 1. The highest BCUT2D eigenvalue weighted by Gasteiger charge is 2.18. The third-order valence-electron chi connectivity index (χ3n) is 4.02. The predicted octanol–water partition coefficient (Wildman–Crippen LogP) is 4.81. The van der Waals surface area contributed by atoms with E-state index in [1.54, 1.807) is 24.3 Å². The van der Waals surface area contributed by atoms with Crippen LogP contribution in [0.4, 0.5) is 11.4 Å².